The summed E-state index contributed by atoms with van der Waals surface area (Å²) >= 11 is 12.1. The summed E-state index contributed by atoms with van der Waals surface area (Å²) in [7, 11) is 0. The monoisotopic (exact) mass is 272 g/mol. The summed E-state index contributed by atoms with van der Waals surface area (Å²) in [5.41, 5.74) is 1.32. The predicted octanol–water partition coefficient (Wildman–Crippen LogP) is 3.18. The Kier molecular flexibility index (Phi) is 3.99. The van der Waals surface area contributed by atoms with Gasteiger partial charge in [0.05, 0.1) is 0 Å². The minimum Gasteiger partial charge on any atom is -0.309 e. The highest BCUT2D eigenvalue weighted by Gasteiger charge is 2.25. The third-order valence-corrected chi connectivity index (χ3v) is 3.65. The number of benzene rings is 1. The minimum atomic E-state index is 0.178. The molecule has 2 rings (SSSR count). The van der Waals surface area contributed by atoms with Gasteiger partial charge in [-0.15, -0.1) is 0 Å². The van der Waals surface area contributed by atoms with Gasteiger partial charge in [-0.3, -0.25) is 4.90 Å². The molecule has 0 unspecified atom stereocenters. The minimum absolute atomic E-state index is 0.178. The van der Waals surface area contributed by atoms with Gasteiger partial charge in [0.2, 0.25) is 0 Å². The fraction of sp³-hybridized carbons (Fsp3) is 0.538. The second-order valence-corrected chi connectivity index (χ2v) is 6.10. The normalized spacial score (nSPS) is 20.5. The first-order valence-electron chi connectivity index (χ1n) is 5.88. The number of hydrogen-bond donors (Lipinski definition) is 1. The molecule has 1 saturated heterocycles. The summed E-state index contributed by atoms with van der Waals surface area (Å²) < 4.78 is 0. The van der Waals surface area contributed by atoms with Crippen molar-refractivity contribution in [1.29, 1.82) is 0 Å². The second-order valence-electron chi connectivity index (χ2n) is 5.26. The first-order valence-corrected chi connectivity index (χ1v) is 6.63. The summed E-state index contributed by atoms with van der Waals surface area (Å²) in [5, 5.41) is 4.95. The van der Waals surface area contributed by atoms with Crippen molar-refractivity contribution < 1.29 is 0 Å². The smallest absolute Gasteiger partial charge is 0.0465 e. The molecule has 4 heteroatoms. The second kappa shape index (κ2) is 5.15. The van der Waals surface area contributed by atoms with Gasteiger partial charge in [-0.2, -0.15) is 0 Å². The Morgan fingerprint density at radius 2 is 2.12 bits per heavy atom. The van der Waals surface area contributed by atoms with E-state index in [4.69, 9.17) is 23.2 Å². The van der Waals surface area contributed by atoms with Crippen LogP contribution in [0, 0.1) is 0 Å². The molecule has 1 heterocycles. The summed E-state index contributed by atoms with van der Waals surface area (Å²) in [4.78, 5) is 2.42. The molecule has 2 nitrogen and oxygen atoms in total. The average Bonchev–Trinajstić information content (AvgIpc) is 2.21. The topological polar surface area (TPSA) is 15.3 Å². The van der Waals surface area contributed by atoms with E-state index in [-0.39, 0.29) is 5.54 Å². The van der Waals surface area contributed by atoms with Gasteiger partial charge in [0.15, 0.2) is 0 Å². The fourth-order valence-electron chi connectivity index (χ4n) is 2.27. The van der Waals surface area contributed by atoms with Crippen LogP contribution in [-0.2, 0) is 6.54 Å². The maximum absolute atomic E-state index is 6.19. The van der Waals surface area contributed by atoms with Crippen molar-refractivity contribution in [1.82, 2.24) is 10.2 Å². The lowest BCUT2D eigenvalue weighted by Crippen LogP contribution is -2.56. The van der Waals surface area contributed by atoms with Crippen LogP contribution in [0.1, 0.15) is 19.4 Å². The van der Waals surface area contributed by atoms with Gasteiger partial charge in [0, 0.05) is 41.8 Å². The van der Waals surface area contributed by atoms with Crippen molar-refractivity contribution in [3.8, 4) is 0 Å². The summed E-state index contributed by atoms with van der Waals surface area (Å²) in [5.74, 6) is 0. The molecule has 0 aromatic heterocycles. The highest BCUT2D eigenvalue weighted by atomic mass is 35.5. The van der Waals surface area contributed by atoms with Gasteiger partial charge in [-0.1, -0.05) is 29.3 Å². The molecule has 0 radical (unpaired) electrons. The Balaban J connectivity index is 2.05. The Labute approximate surface area is 113 Å². The highest BCUT2D eigenvalue weighted by Crippen LogP contribution is 2.23. The lowest BCUT2D eigenvalue weighted by atomic mass is 10.0. The Bertz CT molecular complexity index is 404. The van der Waals surface area contributed by atoms with Crippen LogP contribution >= 0.6 is 23.2 Å². The van der Waals surface area contributed by atoms with Crippen molar-refractivity contribution in [2.45, 2.75) is 25.9 Å². The maximum Gasteiger partial charge on any atom is 0.0465 e. The lowest BCUT2D eigenvalue weighted by Gasteiger charge is -2.39. The molecular weight excluding hydrogens is 255 g/mol. The zero-order valence-electron chi connectivity index (χ0n) is 10.3. The molecule has 94 valence electrons. The number of halogens is 2. The summed E-state index contributed by atoms with van der Waals surface area (Å²) in [6.45, 7) is 8.46. The Morgan fingerprint density at radius 3 is 2.76 bits per heavy atom. The van der Waals surface area contributed by atoms with E-state index in [1.54, 1.807) is 0 Å². The standard InChI is InChI=1S/C13H18Cl2N2/c1-13(2)9-17(6-5-16-13)8-10-3-4-11(14)7-12(10)15/h3-4,7,16H,5-6,8-9H2,1-2H3. The van der Waals surface area contributed by atoms with Gasteiger partial charge >= 0.3 is 0 Å². The van der Waals surface area contributed by atoms with Gasteiger partial charge < -0.3 is 5.32 Å². The molecule has 0 spiro atoms. The molecule has 1 aromatic carbocycles. The van der Waals surface area contributed by atoms with E-state index in [0.717, 1.165) is 36.8 Å². The first-order chi connectivity index (χ1) is 7.96. The van der Waals surface area contributed by atoms with Gasteiger partial charge in [0.25, 0.3) is 0 Å². The van der Waals surface area contributed by atoms with E-state index in [1.807, 2.05) is 18.2 Å². The maximum atomic E-state index is 6.19. The zero-order valence-corrected chi connectivity index (χ0v) is 11.8. The molecule has 0 atom stereocenters. The van der Waals surface area contributed by atoms with Crippen molar-refractivity contribution >= 4 is 23.2 Å². The van der Waals surface area contributed by atoms with Gasteiger partial charge in [0.1, 0.15) is 0 Å². The molecule has 0 bridgehead atoms. The van der Waals surface area contributed by atoms with Crippen molar-refractivity contribution in [2.75, 3.05) is 19.6 Å². The van der Waals surface area contributed by atoms with E-state index in [9.17, 15) is 0 Å². The molecule has 17 heavy (non-hydrogen) atoms. The fourth-order valence-corrected chi connectivity index (χ4v) is 2.74. The van der Waals surface area contributed by atoms with E-state index >= 15 is 0 Å². The van der Waals surface area contributed by atoms with Gasteiger partial charge in [-0.25, -0.2) is 0 Å². The van der Waals surface area contributed by atoms with E-state index in [0.29, 0.717) is 5.02 Å². The molecule has 0 saturated carbocycles. The molecule has 1 N–H and O–H groups in total. The summed E-state index contributed by atoms with van der Waals surface area (Å²) in [6, 6.07) is 5.72. The van der Waals surface area contributed by atoms with E-state index < -0.39 is 0 Å². The summed E-state index contributed by atoms with van der Waals surface area (Å²) in [6.07, 6.45) is 0. The molecule has 0 amide bonds. The molecular formula is C13H18Cl2N2. The number of nitrogens with zero attached hydrogens (tertiary/aromatic N) is 1. The number of piperazine rings is 1. The molecule has 0 aliphatic carbocycles. The van der Waals surface area contributed by atoms with Crippen molar-refractivity contribution in [2.24, 2.45) is 0 Å². The Hall–Kier alpha value is -0.280. The quantitative estimate of drug-likeness (QED) is 0.890. The Morgan fingerprint density at radius 1 is 1.35 bits per heavy atom. The van der Waals surface area contributed by atoms with Crippen LogP contribution in [-0.4, -0.2) is 30.1 Å². The van der Waals surface area contributed by atoms with Crippen LogP contribution in [0.5, 0.6) is 0 Å². The predicted molar refractivity (Wildman–Crippen MR) is 73.8 cm³/mol. The number of rotatable bonds is 2. The number of nitrogens with one attached hydrogen (secondary N) is 1. The first kappa shape index (κ1) is 13.2. The van der Waals surface area contributed by atoms with Crippen molar-refractivity contribution in [3.63, 3.8) is 0 Å². The van der Waals surface area contributed by atoms with Crippen LogP contribution in [0.25, 0.3) is 0 Å². The molecule has 1 aromatic rings. The van der Waals surface area contributed by atoms with E-state index in [1.165, 1.54) is 0 Å². The number of hydrogen-bond acceptors (Lipinski definition) is 2. The third-order valence-electron chi connectivity index (χ3n) is 3.06. The van der Waals surface area contributed by atoms with Crippen LogP contribution in [0.3, 0.4) is 0 Å². The molecule has 1 aliphatic rings. The lowest BCUT2D eigenvalue weighted by molar-refractivity contribution is 0.148. The van der Waals surface area contributed by atoms with Crippen LogP contribution in [0.2, 0.25) is 10.0 Å². The average molecular weight is 273 g/mol. The SMILES string of the molecule is CC1(C)CN(Cc2ccc(Cl)cc2Cl)CCN1. The van der Waals surface area contributed by atoms with E-state index in [2.05, 4.69) is 24.1 Å². The van der Waals surface area contributed by atoms with Crippen molar-refractivity contribution in [3.05, 3.63) is 33.8 Å². The largest absolute Gasteiger partial charge is 0.309 e. The highest BCUT2D eigenvalue weighted by molar-refractivity contribution is 6.35. The third kappa shape index (κ3) is 3.59. The van der Waals surface area contributed by atoms with Crippen LogP contribution in [0.4, 0.5) is 0 Å². The molecule has 1 fully saturated rings. The van der Waals surface area contributed by atoms with Gasteiger partial charge in [-0.05, 0) is 31.5 Å². The zero-order chi connectivity index (χ0) is 12.5. The van der Waals surface area contributed by atoms with Crippen LogP contribution in [0.15, 0.2) is 18.2 Å². The molecule has 1 aliphatic heterocycles. The van der Waals surface area contributed by atoms with Crippen LogP contribution < -0.4 is 5.32 Å².